The summed E-state index contributed by atoms with van der Waals surface area (Å²) in [5.74, 6) is 0.400. The third-order valence-corrected chi connectivity index (χ3v) is 3.54. The van der Waals surface area contributed by atoms with Crippen molar-refractivity contribution in [2.24, 2.45) is 0 Å². The first-order valence-electron chi connectivity index (χ1n) is 5.79. The van der Waals surface area contributed by atoms with Gasteiger partial charge >= 0.3 is 0 Å². The van der Waals surface area contributed by atoms with Gasteiger partial charge in [-0.15, -0.1) is 11.6 Å². The topological polar surface area (TPSA) is 0 Å². The van der Waals surface area contributed by atoms with Gasteiger partial charge in [0.25, 0.3) is 0 Å². The van der Waals surface area contributed by atoms with E-state index in [1.807, 2.05) is 42.5 Å². The summed E-state index contributed by atoms with van der Waals surface area (Å²) >= 11 is 12.5. The van der Waals surface area contributed by atoms with Crippen molar-refractivity contribution in [3.63, 3.8) is 0 Å². The molecular formula is C16H14Cl2. The molecule has 0 aliphatic heterocycles. The maximum absolute atomic E-state index is 6.45. The first-order chi connectivity index (χ1) is 8.72. The molecule has 0 unspecified atom stereocenters. The average molecular weight is 277 g/mol. The van der Waals surface area contributed by atoms with Crippen molar-refractivity contribution in [3.8, 4) is 0 Å². The molecule has 18 heavy (non-hydrogen) atoms. The molecule has 0 bridgehead atoms. The second kappa shape index (κ2) is 6.08. The van der Waals surface area contributed by atoms with Crippen LogP contribution in [-0.4, -0.2) is 5.88 Å². The highest BCUT2D eigenvalue weighted by Crippen LogP contribution is 2.30. The molecule has 2 rings (SSSR count). The summed E-state index contributed by atoms with van der Waals surface area (Å²) in [6.45, 7) is 2.06. The number of alkyl halides is 1. The molecule has 0 aliphatic rings. The number of benzene rings is 2. The fraction of sp³-hybridized carbons (Fsp3) is 0.125. The molecule has 0 radical (unpaired) electrons. The van der Waals surface area contributed by atoms with Crippen LogP contribution in [0.2, 0.25) is 0 Å². The Morgan fingerprint density at radius 2 is 1.50 bits per heavy atom. The normalized spacial score (nSPS) is 12.2. The van der Waals surface area contributed by atoms with Gasteiger partial charge < -0.3 is 0 Å². The number of hydrogen-bond acceptors (Lipinski definition) is 0. The van der Waals surface area contributed by atoms with E-state index >= 15 is 0 Å². The lowest BCUT2D eigenvalue weighted by Gasteiger charge is -2.09. The quantitative estimate of drug-likeness (QED) is 0.524. The van der Waals surface area contributed by atoms with Crippen molar-refractivity contribution in [3.05, 3.63) is 71.3 Å². The van der Waals surface area contributed by atoms with Crippen LogP contribution in [0, 0.1) is 6.92 Å². The highest BCUT2D eigenvalue weighted by Gasteiger charge is 2.08. The summed E-state index contributed by atoms with van der Waals surface area (Å²) in [5, 5.41) is 0.719. The Labute approximate surface area is 118 Å². The Hall–Kier alpha value is -1.24. The van der Waals surface area contributed by atoms with Gasteiger partial charge in [0.2, 0.25) is 0 Å². The van der Waals surface area contributed by atoms with Crippen LogP contribution in [0.5, 0.6) is 0 Å². The monoisotopic (exact) mass is 276 g/mol. The molecule has 0 amide bonds. The zero-order chi connectivity index (χ0) is 13.0. The lowest BCUT2D eigenvalue weighted by Crippen LogP contribution is -1.90. The van der Waals surface area contributed by atoms with Gasteiger partial charge in [-0.3, -0.25) is 0 Å². The van der Waals surface area contributed by atoms with E-state index in [2.05, 4.69) is 19.1 Å². The van der Waals surface area contributed by atoms with Crippen molar-refractivity contribution in [1.82, 2.24) is 0 Å². The second-order valence-corrected chi connectivity index (χ2v) is 4.80. The van der Waals surface area contributed by atoms with Gasteiger partial charge in [-0.05, 0) is 23.6 Å². The molecule has 2 heteroatoms. The lowest BCUT2D eigenvalue weighted by atomic mass is 10.0. The van der Waals surface area contributed by atoms with E-state index in [0.717, 1.165) is 21.7 Å². The van der Waals surface area contributed by atoms with Crippen LogP contribution in [0.4, 0.5) is 0 Å². The van der Waals surface area contributed by atoms with Crippen molar-refractivity contribution in [2.45, 2.75) is 6.92 Å². The maximum atomic E-state index is 6.45. The van der Waals surface area contributed by atoms with Crippen LogP contribution in [-0.2, 0) is 0 Å². The van der Waals surface area contributed by atoms with Crippen molar-refractivity contribution in [1.29, 1.82) is 0 Å². The summed E-state index contributed by atoms with van der Waals surface area (Å²) in [6.07, 6.45) is 0. The predicted molar refractivity (Wildman–Crippen MR) is 81.0 cm³/mol. The van der Waals surface area contributed by atoms with Crippen molar-refractivity contribution in [2.75, 3.05) is 5.88 Å². The van der Waals surface area contributed by atoms with E-state index in [-0.39, 0.29) is 0 Å². The molecule has 0 spiro atoms. The number of aryl methyl sites for hydroxylation is 1. The second-order valence-electron chi connectivity index (χ2n) is 4.16. The van der Waals surface area contributed by atoms with Gasteiger partial charge in [0.1, 0.15) is 0 Å². The standard InChI is InChI=1S/C16H14Cl2/c1-12-7-9-14(10-8-12)16(18)15(11-17)13-5-3-2-4-6-13/h2-10H,11H2,1H3. The largest absolute Gasteiger partial charge is 0.121 e. The van der Waals surface area contributed by atoms with Crippen molar-refractivity contribution < 1.29 is 0 Å². The van der Waals surface area contributed by atoms with Gasteiger partial charge in [0.15, 0.2) is 0 Å². The van der Waals surface area contributed by atoms with E-state index in [1.165, 1.54) is 5.56 Å². The van der Waals surface area contributed by atoms with Crippen LogP contribution in [0.15, 0.2) is 54.6 Å². The lowest BCUT2D eigenvalue weighted by molar-refractivity contribution is 1.46. The number of rotatable bonds is 3. The Kier molecular flexibility index (Phi) is 4.46. The minimum atomic E-state index is 0.400. The van der Waals surface area contributed by atoms with Crippen LogP contribution >= 0.6 is 23.2 Å². The summed E-state index contributed by atoms with van der Waals surface area (Å²) in [5.41, 5.74) is 4.25. The highest BCUT2D eigenvalue weighted by molar-refractivity contribution is 6.53. The molecule has 0 N–H and O–H groups in total. The predicted octanol–water partition coefficient (Wildman–Crippen LogP) is 5.34. The average Bonchev–Trinajstić information content (AvgIpc) is 2.41. The van der Waals surface area contributed by atoms with Gasteiger partial charge in [-0.1, -0.05) is 71.8 Å². The Balaban J connectivity index is 2.47. The molecule has 0 atom stereocenters. The molecule has 92 valence electrons. The molecule has 0 aliphatic carbocycles. The molecule has 2 aromatic carbocycles. The zero-order valence-electron chi connectivity index (χ0n) is 10.2. The molecular weight excluding hydrogens is 263 g/mol. The third-order valence-electron chi connectivity index (χ3n) is 2.83. The summed E-state index contributed by atoms with van der Waals surface area (Å²) < 4.78 is 0. The fourth-order valence-electron chi connectivity index (χ4n) is 1.78. The fourth-order valence-corrected chi connectivity index (χ4v) is 2.43. The number of allylic oxidation sites excluding steroid dienone is 1. The van der Waals surface area contributed by atoms with Gasteiger partial charge in [-0.2, -0.15) is 0 Å². The number of halogens is 2. The van der Waals surface area contributed by atoms with E-state index in [0.29, 0.717) is 5.88 Å². The van der Waals surface area contributed by atoms with Crippen LogP contribution in [0.25, 0.3) is 10.6 Å². The minimum Gasteiger partial charge on any atom is -0.121 e. The molecule has 2 aromatic rings. The Bertz CT molecular complexity index is 539. The van der Waals surface area contributed by atoms with E-state index in [9.17, 15) is 0 Å². The SMILES string of the molecule is Cc1ccc(C(Cl)=C(CCl)c2ccccc2)cc1. The first-order valence-corrected chi connectivity index (χ1v) is 6.70. The van der Waals surface area contributed by atoms with Gasteiger partial charge in [-0.25, -0.2) is 0 Å². The van der Waals surface area contributed by atoms with Crippen molar-refractivity contribution >= 4 is 33.8 Å². The first kappa shape index (κ1) is 13.2. The van der Waals surface area contributed by atoms with Crippen LogP contribution in [0.3, 0.4) is 0 Å². The molecule has 0 nitrogen and oxygen atoms in total. The minimum absolute atomic E-state index is 0.400. The van der Waals surface area contributed by atoms with Crippen LogP contribution in [0.1, 0.15) is 16.7 Å². The maximum Gasteiger partial charge on any atom is 0.0528 e. The molecule has 0 saturated heterocycles. The molecule has 0 aromatic heterocycles. The molecule has 0 saturated carbocycles. The molecule has 0 fully saturated rings. The smallest absolute Gasteiger partial charge is 0.0528 e. The molecule has 0 heterocycles. The number of hydrogen-bond donors (Lipinski definition) is 0. The summed E-state index contributed by atoms with van der Waals surface area (Å²) in [7, 11) is 0. The highest BCUT2D eigenvalue weighted by atomic mass is 35.5. The van der Waals surface area contributed by atoms with Crippen LogP contribution < -0.4 is 0 Å². The van der Waals surface area contributed by atoms with Gasteiger partial charge in [0, 0.05) is 5.88 Å². The Morgan fingerprint density at radius 1 is 0.889 bits per heavy atom. The van der Waals surface area contributed by atoms with E-state index in [4.69, 9.17) is 23.2 Å². The van der Waals surface area contributed by atoms with E-state index in [1.54, 1.807) is 0 Å². The Morgan fingerprint density at radius 3 is 2.06 bits per heavy atom. The van der Waals surface area contributed by atoms with Gasteiger partial charge in [0.05, 0.1) is 5.03 Å². The van der Waals surface area contributed by atoms with E-state index < -0.39 is 0 Å². The zero-order valence-corrected chi connectivity index (χ0v) is 11.7. The third kappa shape index (κ3) is 2.95. The summed E-state index contributed by atoms with van der Waals surface area (Å²) in [4.78, 5) is 0. The summed E-state index contributed by atoms with van der Waals surface area (Å²) in [6, 6.07) is 18.1.